The molecule has 1 aromatic heterocycles. The Bertz CT molecular complexity index is 476. The van der Waals surface area contributed by atoms with Crippen molar-refractivity contribution in [1.82, 2.24) is 10.3 Å². The molecule has 1 rings (SSSR count). The van der Waals surface area contributed by atoms with Gasteiger partial charge in [0.1, 0.15) is 5.69 Å². The molecule has 0 radical (unpaired) electrons. The van der Waals surface area contributed by atoms with Crippen LogP contribution < -0.4 is 10.1 Å². The Labute approximate surface area is 116 Å². The van der Waals surface area contributed by atoms with Gasteiger partial charge in [0.25, 0.3) is 5.91 Å². The van der Waals surface area contributed by atoms with Gasteiger partial charge in [-0.25, -0.2) is 9.78 Å². The van der Waals surface area contributed by atoms with E-state index in [1.54, 1.807) is 12.1 Å². The van der Waals surface area contributed by atoms with E-state index in [2.05, 4.69) is 10.3 Å². The van der Waals surface area contributed by atoms with Crippen molar-refractivity contribution in [1.29, 1.82) is 0 Å². The summed E-state index contributed by atoms with van der Waals surface area (Å²) < 4.78 is 10.1. The quantitative estimate of drug-likeness (QED) is 0.764. The summed E-state index contributed by atoms with van der Waals surface area (Å²) in [6.45, 7) is 3.56. The molecule has 0 spiro atoms. The average Bonchev–Trinajstić information content (AvgIpc) is 2.37. The zero-order valence-corrected chi connectivity index (χ0v) is 11.6. The number of hydrogen-bond donors (Lipinski definition) is 2. The average molecular weight is 282 g/mol. The summed E-state index contributed by atoms with van der Waals surface area (Å²) >= 11 is 0. The van der Waals surface area contributed by atoms with Crippen LogP contribution in [0, 0.1) is 0 Å². The molecule has 0 aliphatic rings. The van der Waals surface area contributed by atoms with Crippen LogP contribution in [0.2, 0.25) is 0 Å². The molecule has 0 saturated heterocycles. The minimum absolute atomic E-state index is 0.0685. The predicted molar refractivity (Wildman–Crippen MR) is 70.8 cm³/mol. The van der Waals surface area contributed by atoms with Crippen LogP contribution in [0.25, 0.3) is 0 Å². The topological polar surface area (TPSA) is 97.8 Å². The third kappa shape index (κ3) is 4.85. The van der Waals surface area contributed by atoms with Crippen LogP contribution in [-0.2, 0) is 9.53 Å². The van der Waals surface area contributed by atoms with E-state index < -0.39 is 17.9 Å². The number of ether oxygens (including phenoxy) is 2. The van der Waals surface area contributed by atoms with E-state index in [9.17, 15) is 9.59 Å². The molecular weight excluding hydrogens is 264 g/mol. The lowest BCUT2D eigenvalue weighted by Gasteiger charge is -2.14. The van der Waals surface area contributed by atoms with Crippen molar-refractivity contribution in [2.45, 2.75) is 26.0 Å². The highest BCUT2D eigenvalue weighted by Gasteiger charge is 2.21. The van der Waals surface area contributed by atoms with Gasteiger partial charge in [-0.3, -0.25) is 4.79 Å². The van der Waals surface area contributed by atoms with E-state index in [1.807, 2.05) is 13.8 Å². The van der Waals surface area contributed by atoms with Gasteiger partial charge in [0.15, 0.2) is 6.04 Å². The molecule has 20 heavy (non-hydrogen) atoms. The molecule has 0 aliphatic carbocycles. The standard InChI is InChI=1S/C13H18N2O5/c1-8(2)20-11-6-4-5-9(14-11)12(16)15-10(7-19-3)13(17)18/h4-6,8,10H,7H2,1-3H3,(H,15,16)(H,17,18). The molecule has 0 aromatic carbocycles. The van der Waals surface area contributed by atoms with E-state index in [0.29, 0.717) is 5.88 Å². The number of carbonyl (C=O) groups is 2. The predicted octanol–water partition coefficient (Wildman–Crippen LogP) is 0.698. The number of carbonyl (C=O) groups excluding carboxylic acids is 1. The summed E-state index contributed by atoms with van der Waals surface area (Å²) in [4.78, 5) is 26.9. The van der Waals surface area contributed by atoms with Gasteiger partial charge in [0, 0.05) is 13.2 Å². The van der Waals surface area contributed by atoms with Gasteiger partial charge in [0.2, 0.25) is 5.88 Å². The first-order valence-corrected chi connectivity index (χ1v) is 6.10. The van der Waals surface area contributed by atoms with Gasteiger partial charge in [-0.2, -0.15) is 0 Å². The van der Waals surface area contributed by atoms with Crippen molar-refractivity contribution in [2.75, 3.05) is 13.7 Å². The number of aliphatic carboxylic acids is 1. The van der Waals surface area contributed by atoms with Crippen molar-refractivity contribution < 1.29 is 24.2 Å². The Balaban J connectivity index is 2.78. The number of aromatic nitrogens is 1. The third-order valence-corrected chi connectivity index (χ3v) is 2.25. The maximum atomic E-state index is 11.9. The van der Waals surface area contributed by atoms with Gasteiger partial charge in [0.05, 0.1) is 12.7 Å². The summed E-state index contributed by atoms with van der Waals surface area (Å²) in [5.41, 5.74) is 0.0884. The lowest BCUT2D eigenvalue weighted by molar-refractivity contribution is -0.140. The van der Waals surface area contributed by atoms with E-state index in [1.165, 1.54) is 13.2 Å². The largest absolute Gasteiger partial charge is 0.480 e. The molecule has 110 valence electrons. The number of methoxy groups -OCH3 is 1. The molecule has 1 heterocycles. The summed E-state index contributed by atoms with van der Waals surface area (Å²) in [5.74, 6) is -1.45. The van der Waals surface area contributed by atoms with Crippen LogP contribution in [-0.4, -0.2) is 47.8 Å². The number of carboxylic acids is 1. The zero-order chi connectivity index (χ0) is 15.1. The first-order chi connectivity index (χ1) is 9.43. The number of nitrogens with one attached hydrogen (secondary N) is 1. The molecule has 0 fully saturated rings. The molecule has 2 N–H and O–H groups in total. The van der Waals surface area contributed by atoms with Crippen molar-refractivity contribution in [3.8, 4) is 5.88 Å². The number of carboxylic acid groups (broad SMARTS) is 1. The van der Waals surface area contributed by atoms with Gasteiger partial charge < -0.3 is 19.9 Å². The minimum Gasteiger partial charge on any atom is -0.480 e. The molecule has 0 bridgehead atoms. The maximum Gasteiger partial charge on any atom is 0.328 e. The maximum absolute atomic E-state index is 11.9. The minimum atomic E-state index is -1.17. The van der Waals surface area contributed by atoms with Gasteiger partial charge in [-0.15, -0.1) is 0 Å². The van der Waals surface area contributed by atoms with E-state index in [0.717, 1.165) is 0 Å². The molecule has 0 aliphatic heterocycles. The van der Waals surface area contributed by atoms with Gasteiger partial charge in [-0.05, 0) is 19.9 Å². The second-order valence-electron chi connectivity index (χ2n) is 4.35. The summed E-state index contributed by atoms with van der Waals surface area (Å²) in [7, 11) is 1.36. The van der Waals surface area contributed by atoms with Crippen LogP contribution in [0.4, 0.5) is 0 Å². The molecule has 1 atom stereocenters. The second-order valence-corrected chi connectivity index (χ2v) is 4.35. The van der Waals surface area contributed by atoms with Crippen molar-refractivity contribution >= 4 is 11.9 Å². The fraction of sp³-hybridized carbons (Fsp3) is 0.462. The molecule has 7 nitrogen and oxygen atoms in total. The normalized spacial score (nSPS) is 12.0. The van der Waals surface area contributed by atoms with Crippen molar-refractivity contribution in [3.63, 3.8) is 0 Å². The number of hydrogen-bond acceptors (Lipinski definition) is 5. The Morgan fingerprint density at radius 2 is 2.10 bits per heavy atom. The summed E-state index contributed by atoms with van der Waals surface area (Å²) in [6.07, 6.45) is -0.0685. The Morgan fingerprint density at radius 1 is 1.40 bits per heavy atom. The molecule has 7 heteroatoms. The number of amides is 1. The Kier molecular flexibility index (Phi) is 5.92. The molecule has 0 saturated carbocycles. The van der Waals surface area contributed by atoms with Crippen LogP contribution in [0.15, 0.2) is 18.2 Å². The van der Waals surface area contributed by atoms with Gasteiger partial charge in [-0.1, -0.05) is 6.07 Å². The number of pyridine rings is 1. The second kappa shape index (κ2) is 7.44. The summed E-state index contributed by atoms with van der Waals surface area (Å²) in [6, 6.07) is 3.60. The fourth-order valence-corrected chi connectivity index (χ4v) is 1.42. The Hall–Kier alpha value is -2.15. The highest BCUT2D eigenvalue weighted by atomic mass is 16.5. The van der Waals surface area contributed by atoms with Crippen molar-refractivity contribution in [2.24, 2.45) is 0 Å². The van der Waals surface area contributed by atoms with Crippen LogP contribution >= 0.6 is 0 Å². The van der Waals surface area contributed by atoms with Crippen LogP contribution in [0.3, 0.4) is 0 Å². The summed E-state index contributed by atoms with van der Waals surface area (Å²) in [5, 5.41) is 11.3. The number of nitrogens with zero attached hydrogens (tertiary/aromatic N) is 1. The van der Waals surface area contributed by atoms with E-state index in [4.69, 9.17) is 14.6 Å². The lowest BCUT2D eigenvalue weighted by Crippen LogP contribution is -2.44. The van der Waals surface area contributed by atoms with Crippen LogP contribution in [0.1, 0.15) is 24.3 Å². The highest BCUT2D eigenvalue weighted by molar-refractivity contribution is 5.95. The van der Waals surface area contributed by atoms with E-state index in [-0.39, 0.29) is 18.4 Å². The third-order valence-electron chi connectivity index (χ3n) is 2.25. The molecule has 1 amide bonds. The smallest absolute Gasteiger partial charge is 0.328 e. The lowest BCUT2D eigenvalue weighted by atomic mass is 10.2. The SMILES string of the molecule is COCC(NC(=O)c1cccc(OC(C)C)n1)C(=O)O. The highest BCUT2D eigenvalue weighted by Crippen LogP contribution is 2.09. The monoisotopic (exact) mass is 282 g/mol. The first-order valence-electron chi connectivity index (χ1n) is 6.10. The fourth-order valence-electron chi connectivity index (χ4n) is 1.42. The first kappa shape index (κ1) is 15.9. The van der Waals surface area contributed by atoms with Crippen LogP contribution in [0.5, 0.6) is 5.88 Å². The van der Waals surface area contributed by atoms with Gasteiger partial charge >= 0.3 is 5.97 Å². The zero-order valence-electron chi connectivity index (χ0n) is 11.6. The molecule has 1 unspecified atom stereocenters. The molecular formula is C13H18N2O5. The number of rotatable bonds is 7. The van der Waals surface area contributed by atoms with E-state index >= 15 is 0 Å². The Morgan fingerprint density at radius 3 is 2.65 bits per heavy atom. The van der Waals surface area contributed by atoms with Crippen molar-refractivity contribution in [3.05, 3.63) is 23.9 Å². The molecule has 1 aromatic rings.